The first-order valence-corrected chi connectivity index (χ1v) is 11.6. The number of nitriles is 1. The largest absolute Gasteiger partial charge is 0.460 e. The van der Waals surface area contributed by atoms with Gasteiger partial charge in [-0.15, -0.1) is 0 Å². The number of benzene rings is 1. The molecule has 4 rings (SSSR count). The number of sulfonamides is 1. The predicted octanol–water partition coefficient (Wildman–Crippen LogP) is 3.61. The summed E-state index contributed by atoms with van der Waals surface area (Å²) < 4.78 is 34.2. The number of pyridine rings is 1. The summed E-state index contributed by atoms with van der Waals surface area (Å²) in [6.45, 7) is 0.487. The molecule has 0 atom stereocenters. The molecule has 1 aliphatic rings. The van der Waals surface area contributed by atoms with E-state index in [-0.39, 0.29) is 36.5 Å². The molecule has 9 heteroatoms. The minimum Gasteiger partial charge on any atom is -0.460 e. The monoisotopic (exact) mass is 457 g/mol. The van der Waals surface area contributed by atoms with Crippen molar-refractivity contribution in [1.29, 1.82) is 5.26 Å². The highest BCUT2D eigenvalue weighted by Crippen LogP contribution is 2.26. The van der Waals surface area contributed by atoms with E-state index in [1.807, 2.05) is 28.8 Å². The Bertz CT molecular complexity index is 1250. The molecule has 0 spiro atoms. The van der Waals surface area contributed by atoms with E-state index in [2.05, 4.69) is 6.07 Å². The Hall–Kier alpha value is -2.86. The molecule has 1 aliphatic heterocycles. The van der Waals surface area contributed by atoms with Crippen molar-refractivity contribution in [2.75, 3.05) is 13.1 Å². The number of hydrogen-bond acceptors (Lipinski definition) is 5. The molecule has 0 aliphatic carbocycles. The van der Waals surface area contributed by atoms with Crippen LogP contribution in [0, 0.1) is 17.2 Å². The fourth-order valence-electron chi connectivity index (χ4n) is 3.77. The third kappa shape index (κ3) is 4.30. The molecule has 31 heavy (non-hydrogen) atoms. The van der Waals surface area contributed by atoms with Crippen molar-refractivity contribution in [2.24, 2.45) is 5.92 Å². The lowest BCUT2D eigenvalue weighted by Gasteiger charge is -2.30. The van der Waals surface area contributed by atoms with Gasteiger partial charge in [0.25, 0.3) is 0 Å². The number of rotatable bonds is 5. The Labute approximate surface area is 185 Å². The molecule has 2 aromatic heterocycles. The second kappa shape index (κ2) is 8.71. The average molecular weight is 458 g/mol. The van der Waals surface area contributed by atoms with Crippen molar-refractivity contribution < 1.29 is 17.9 Å². The van der Waals surface area contributed by atoms with Crippen LogP contribution in [0.4, 0.5) is 0 Å². The summed E-state index contributed by atoms with van der Waals surface area (Å²) in [7, 11) is -3.62. The topological polar surface area (TPSA) is 91.9 Å². The molecule has 0 unspecified atom stereocenters. The van der Waals surface area contributed by atoms with Gasteiger partial charge in [-0.2, -0.15) is 9.57 Å². The Morgan fingerprint density at radius 1 is 1.16 bits per heavy atom. The van der Waals surface area contributed by atoms with E-state index in [1.54, 1.807) is 18.3 Å². The van der Waals surface area contributed by atoms with E-state index in [4.69, 9.17) is 16.3 Å². The van der Waals surface area contributed by atoms with E-state index in [0.717, 1.165) is 5.52 Å². The van der Waals surface area contributed by atoms with Gasteiger partial charge in [-0.3, -0.25) is 4.79 Å². The van der Waals surface area contributed by atoms with Crippen LogP contribution >= 0.6 is 11.6 Å². The van der Waals surface area contributed by atoms with Crippen LogP contribution in [0.1, 0.15) is 24.0 Å². The zero-order valence-corrected chi connectivity index (χ0v) is 18.1. The average Bonchev–Trinajstić information content (AvgIpc) is 3.15. The third-order valence-electron chi connectivity index (χ3n) is 5.48. The van der Waals surface area contributed by atoms with Crippen LogP contribution in [0.2, 0.25) is 5.02 Å². The van der Waals surface area contributed by atoms with Gasteiger partial charge < -0.3 is 9.14 Å². The van der Waals surface area contributed by atoms with Gasteiger partial charge in [0.1, 0.15) is 12.7 Å². The molecule has 0 N–H and O–H groups in total. The summed E-state index contributed by atoms with van der Waals surface area (Å²) >= 11 is 5.84. The van der Waals surface area contributed by atoms with E-state index in [1.165, 1.54) is 16.4 Å². The van der Waals surface area contributed by atoms with Gasteiger partial charge >= 0.3 is 5.97 Å². The maximum atomic E-state index is 12.8. The predicted molar refractivity (Wildman–Crippen MR) is 115 cm³/mol. The van der Waals surface area contributed by atoms with Crippen LogP contribution < -0.4 is 0 Å². The summed E-state index contributed by atoms with van der Waals surface area (Å²) in [5, 5.41) is 9.93. The van der Waals surface area contributed by atoms with Crippen LogP contribution in [0.25, 0.3) is 5.52 Å². The molecule has 160 valence electrons. The van der Waals surface area contributed by atoms with Gasteiger partial charge in [-0.1, -0.05) is 17.7 Å². The van der Waals surface area contributed by atoms with Crippen molar-refractivity contribution >= 4 is 33.1 Å². The molecular formula is C22H20ClN3O4S. The number of halogens is 1. The first kappa shape index (κ1) is 21.4. The number of nitrogens with zero attached hydrogens (tertiary/aromatic N) is 3. The Balaban J connectivity index is 1.37. The SMILES string of the molecule is N#Cc1c(COC(=O)C2CCN(S(=O)(=O)c3ccc(Cl)cc3)CC2)cn2ccccc12. The van der Waals surface area contributed by atoms with Crippen LogP contribution in [-0.4, -0.2) is 36.2 Å². The third-order valence-corrected chi connectivity index (χ3v) is 7.65. The molecule has 0 amide bonds. The van der Waals surface area contributed by atoms with Crippen LogP contribution in [0.15, 0.2) is 59.8 Å². The number of carbonyl (C=O) groups is 1. The molecule has 3 heterocycles. The lowest BCUT2D eigenvalue weighted by atomic mass is 9.98. The zero-order chi connectivity index (χ0) is 22.0. The molecule has 0 saturated carbocycles. The smallest absolute Gasteiger partial charge is 0.309 e. The zero-order valence-electron chi connectivity index (χ0n) is 16.6. The van der Waals surface area contributed by atoms with E-state index < -0.39 is 10.0 Å². The summed E-state index contributed by atoms with van der Waals surface area (Å²) in [6.07, 6.45) is 4.38. The van der Waals surface area contributed by atoms with Gasteiger partial charge in [0, 0.05) is 36.1 Å². The van der Waals surface area contributed by atoms with Crippen molar-refractivity contribution in [3.63, 3.8) is 0 Å². The fraction of sp³-hybridized carbons (Fsp3) is 0.273. The van der Waals surface area contributed by atoms with E-state index in [9.17, 15) is 18.5 Å². The number of piperidine rings is 1. The Morgan fingerprint density at radius 2 is 1.87 bits per heavy atom. The molecule has 3 aromatic rings. The number of aromatic nitrogens is 1. The lowest BCUT2D eigenvalue weighted by Crippen LogP contribution is -2.40. The first-order valence-electron chi connectivity index (χ1n) is 9.81. The first-order chi connectivity index (χ1) is 14.9. The highest BCUT2D eigenvalue weighted by Gasteiger charge is 2.33. The molecule has 1 fully saturated rings. The van der Waals surface area contributed by atoms with Gasteiger partial charge in [-0.25, -0.2) is 8.42 Å². The maximum Gasteiger partial charge on any atom is 0.309 e. The van der Waals surface area contributed by atoms with Crippen LogP contribution in [0.5, 0.6) is 0 Å². The van der Waals surface area contributed by atoms with E-state index in [0.29, 0.717) is 29.0 Å². The maximum absolute atomic E-state index is 12.8. The molecule has 0 bridgehead atoms. The highest BCUT2D eigenvalue weighted by molar-refractivity contribution is 7.89. The van der Waals surface area contributed by atoms with Crippen molar-refractivity contribution in [2.45, 2.75) is 24.3 Å². The Morgan fingerprint density at radius 3 is 2.55 bits per heavy atom. The molecular weight excluding hydrogens is 438 g/mol. The standard InChI is InChI=1S/C22H20ClN3O4S/c23-18-4-6-19(7-5-18)31(28,29)26-11-8-16(9-12-26)22(27)30-15-17-14-25-10-2-1-3-21(25)20(17)13-24/h1-7,10,14,16H,8-9,11-12,15H2. The molecule has 1 aromatic carbocycles. The number of carbonyl (C=O) groups excluding carboxylic acids is 1. The summed E-state index contributed by atoms with van der Waals surface area (Å²) in [5.41, 5.74) is 1.89. The number of esters is 1. The summed E-state index contributed by atoms with van der Waals surface area (Å²) in [5.74, 6) is -0.748. The van der Waals surface area contributed by atoms with Crippen molar-refractivity contribution in [1.82, 2.24) is 8.71 Å². The molecule has 0 radical (unpaired) electrons. The molecule has 1 saturated heterocycles. The fourth-order valence-corrected chi connectivity index (χ4v) is 5.37. The van der Waals surface area contributed by atoms with Gasteiger partial charge in [0.05, 0.1) is 21.9 Å². The number of hydrogen-bond donors (Lipinski definition) is 0. The number of fused-ring (bicyclic) bond motifs is 1. The van der Waals surface area contributed by atoms with Crippen LogP contribution in [0.3, 0.4) is 0 Å². The lowest BCUT2D eigenvalue weighted by molar-refractivity contribution is -0.151. The van der Waals surface area contributed by atoms with Crippen molar-refractivity contribution in [3.05, 3.63) is 71.0 Å². The second-order valence-corrected chi connectivity index (χ2v) is 9.75. The van der Waals surface area contributed by atoms with Gasteiger partial charge in [0.2, 0.25) is 10.0 Å². The minimum atomic E-state index is -3.62. The normalized spacial score (nSPS) is 15.6. The number of ether oxygens (including phenoxy) is 1. The molecule has 7 nitrogen and oxygen atoms in total. The van der Waals surface area contributed by atoms with Crippen molar-refractivity contribution in [3.8, 4) is 6.07 Å². The second-order valence-electron chi connectivity index (χ2n) is 7.37. The summed E-state index contributed by atoms with van der Waals surface area (Å²) in [4.78, 5) is 12.7. The van der Waals surface area contributed by atoms with Gasteiger partial charge in [-0.05, 0) is 49.2 Å². The van der Waals surface area contributed by atoms with Crippen LogP contribution in [-0.2, 0) is 26.2 Å². The minimum absolute atomic E-state index is 0.00664. The summed E-state index contributed by atoms with van der Waals surface area (Å²) in [6, 6.07) is 13.7. The van der Waals surface area contributed by atoms with Gasteiger partial charge in [0.15, 0.2) is 0 Å². The highest BCUT2D eigenvalue weighted by atomic mass is 35.5. The Kier molecular flexibility index (Phi) is 6.01. The quantitative estimate of drug-likeness (QED) is 0.546. The van der Waals surface area contributed by atoms with E-state index >= 15 is 0 Å².